The van der Waals surface area contributed by atoms with E-state index in [1.807, 2.05) is 0 Å². The Morgan fingerprint density at radius 1 is 0.688 bits per heavy atom. The van der Waals surface area contributed by atoms with Crippen molar-refractivity contribution in [1.82, 2.24) is 10.2 Å². The summed E-state index contributed by atoms with van der Waals surface area (Å²) >= 11 is 0. The largest absolute Gasteiger partial charge is 0.456 e. The van der Waals surface area contributed by atoms with E-state index in [9.17, 15) is 14.7 Å². The van der Waals surface area contributed by atoms with E-state index in [2.05, 4.69) is 26.1 Å². The van der Waals surface area contributed by atoms with Crippen LogP contribution in [0.15, 0.2) is 0 Å². The molecule has 0 saturated carbocycles. The molecule has 0 rings (SSSR count). The van der Waals surface area contributed by atoms with Gasteiger partial charge in [-0.1, -0.05) is 111 Å². The van der Waals surface area contributed by atoms with Crippen LogP contribution in [0.2, 0.25) is 0 Å². The Morgan fingerprint density at radius 3 is 1.69 bits per heavy atom. The number of nitrogens with zero attached hydrogens (tertiary/aromatic N) is 1. The number of rotatable bonds is 22. The lowest BCUT2D eigenvalue weighted by atomic mass is 10.1. The normalized spacial score (nSPS) is 11.8. The maximum Gasteiger partial charge on any atom is 0.456 e. The van der Waals surface area contributed by atoms with E-state index in [0.717, 1.165) is 57.8 Å². The molecule has 189 valence electrons. The van der Waals surface area contributed by atoms with Crippen molar-refractivity contribution in [3.63, 3.8) is 0 Å². The van der Waals surface area contributed by atoms with Crippen LogP contribution >= 0.6 is 0 Å². The van der Waals surface area contributed by atoms with Gasteiger partial charge < -0.3 is 10.1 Å². The minimum Gasteiger partial charge on any atom is -0.425 e. The SMILES string of the molecule is CCCCCCCCNC(=O)OC(CCCCCCC)N(CCCCCCCC)C([O])=O. The van der Waals surface area contributed by atoms with Crippen molar-refractivity contribution >= 4 is 12.2 Å². The molecule has 0 aliphatic carbocycles. The molecule has 0 aliphatic heterocycles. The van der Waals surface area contributed by atoms with Crippen LogP contribution in [0.1, 0.15) is 136 Å². The highest BCUT2D eigenvalue weighted by Crippen LogP contribution is 2.16. The van der Waals surface area contributed by atoms with Crippen LogP contribution in [0, 0.1) is 0 Å². The van der Waals surface area contributed by atoms with Gasteiger partial charge in [0.15, 0.2) is 6.23 Å². The van der Waals surface area contributed by atoms with E-state index in [0.29, 0.717) is 19.5 Å². The quantitative estimate of drug-likeness (QED) is 0.133. The average Bonchev–Trinajstić information content (AvgIpc) is 2.77. The Hall–Kier alpha value is -1.46. The molecule has 0 bridgehead atoms. The summed E-state index contributed by atoms with van der Waals surface area (Å²) in [4.78, 5) is 25.4. The zero-order valence-electron chi connectivity index (χ0n) is 21.3. The maximum atomic E-state index is 12.3. The molecule has 0 aromatic carbocycles. The van der Waals surface area contributed by atoms with Crippen LogP contribution in [0.3, 0.4) is 0 Å². The molecule has 1 atom stereocenters. The average molecular weight is 456 g/mol. The molecule has 0 fully saturated rings. The van der Waals surface area contributed by atoms with Gasteiger partial charge in [-0.15, -0.1) is 0 Å². The van der Waals surface area contributed by atoms with Gasteiger partial charge >= 0.3 is 12.2 Å². The summed E-state index contributed by atoms with van der Waals surface area (Å²) in [6.45, 7) is 7.46. The summed E-state index contributed by atoms with van der Waals surface area (Å²) in [5.74, 6) is 0. The summed E-state index contributed by atoms with van der Waals surface area (Å²) in [7, 11) is 0. The Bertz CT molecular complexity index is 446. The fourth-order valence-electron chi connectivity index (χ4n) is 3.88. The lowest BCUT2D eigenvalue weighted by Crippen LogP contribution is -2.44. The Labute approximate surface area is 197 Å². The third kappa shape index (κ3) is 18.1. The van der Waals surface area contributed by atoms with Crippen LogP contribution < -0.4 is 5.32 Å². The Kier molecular flexibility index (Phi) is 21.7. The molecule has 1 unspecified atom stereocenters. The number of unbranched alkanes of at least 4 members (excludes halogenated alkanes) is 14. The topological polar surface area (TPSA) is 78.5 Å². The van der Waals surface area contributed by atoms with Crippen LogP contribution in [-0.4, -0.2) is 36.4 Å². The molecule has 0 aliphatic rings. The van der Waals surface area contributed by atoms with Crippen molar-refractivity contribution in [3.05, 3.63) is 0 Å². The number of amides is 2. The zero-order chi connectivity index (χ0) is 23.9. The second-order valence-electron chi connectivity index (χ2n) is 8.98. The molecule has 0 aromatic heterocycles. The first-order valence-corrected chi connectivity index (χ1v) is 13.5. The van der Waals surface area contributed by atoms with E-state index in [1.54, 1.807) is 0 Å². The van der Waals surface area contributed by atoms with Gasteiger partial charge in [0.25, 0.3) is 0 Å². The zero-order valence-corrected chi connectivity index (χ0v) is 21.3. The molecule has 6 nitrogen and oxygen atoms in total. The fraction of sp³-hybridized carbons (Fsp3) is 0.923. The van der Waals surface area contributed by atoms with Gasteiger partial charge in [0.1, 0.15) is 0 Å². The summed E-state index contributed by atoms with van der Waals surface area (Å²) < 4.78 is 5.58. The molecule has 2 amide bonds. The standard InChI is InChI=1S/C26H51N2O4/c1-4-7-10-13-16-19-22-27-25(29)32-24(21-18-15-12-9-6-3)28(26(30)31)23-20-17-14-11-8-5-2/h24H,4-23H2,1-3H3,(H,27,29). The lowest BCUT2D eigenvalue weighted by molar-refractivity contribution is -0.0173. The number of hydrogen-bond donors (Lipinski definition) is 1. The number of carbonyl (C=O) groups excluding carboxylic acids is 2. The fourth-order valence-corrected chi connectivity index (χ4v) is 3.88. The highest BCUT2D eigenvalue weighted by Gasteiger charge is 2.27. The summed E-state index contributed by atoms with van der Waals surface area (Å²) in [6.07, 6.45) is 16.7. The third-order valence-electron chi connectivity index (χ3n) is 5.93. The van der Waals surface area contributed by atoms with Crippen LogP contribution in [0.5, 0.6) is 0 Å². The molecular formula is C26H51N2O4. The molecule has 0 saturated heterocycles. The maximum absolute atomic E-state index is 12.3. The summed E-state index contributed by atoms with van der Waals surface area (Å²) in [5.41, 5.74) is 0. The van der Waals surface area contributed by atoms with Gasteiger partial charge in [0, 0.05) is 19.5 Å². The number of nitrogens with one attached hydrogen (secondary N) is 1. The van der Waals surface area contributed by atoms with Gasteiger partial charge in [-0.25, -0.2) is 14.7 Å². The number of ether oxygens (including phenoxy) is 1. The minimum atomic E-state index is -1.25. The lowest BCUT2D eigenvalue weighted by Gasteiger charge is -2.28. The highest BCUT2D eigenvalue weighted by molar-refractivity contribution is 5.69. The van der Waals surface area contributed by atoms with Gasteiger partial charge in [-0.05, 0) is 19.3 Å². The second-order valence-corrected chi connectivity index (χ2v) is 8.98. The number of carbonyl (C=O) groups is 2. The minimum absolute atomic E-state index is 0.360. The van der Waals surface area contributed by atoms with Crippen molar-refractivity contribution in [2.24, 2.45) is 0 Å². The van der Waals surface area contributed by atoms with Crippen LogP contribution in [0.25, 0.3) is 0 Å². The van der Waals surface area contributed by atoms with E-state index < -0.39 is 18.4 Å². The first-order valence-electron chi connectivity index (χ1n) is 13.5. The van der Waals surface area contributed by atoms with Crippen LogP contribution in [-0.2, 0) is 9.84 Å². The van der Waals surface area contributed by atoms with E-state index in [4.69, 9.17) is 4.74 Å². The van der Waals surface area contributed by atoms with Crippen molar-refractivity contribution in [3.8, 4) is 0 Å². The molecule has 32 heavy (non-hydrogen) atoms. The molecular weight excluding hydrogens is 404 g/mol. The number of hydrogen-bond acceptors (Lipinski definition) is 3. The predicted molar refractivity (Wildman–Crippen MR) is 131 cm³/mol. The smallest absolute Gasteiger partial charge is 0.425 e. The Morgan fingerprint density at radius 2 is 1.16 bits per heavy atom. The Balaban J connectivity index is 4.55. The molecule has 6 heteroatoms. The molecule has 1 N–H and O–H groups in total. The molecule has 1 radical (unpaired) electrons. The van der Waals surface area contributed by atoms with E-state index in [-0.39, 0.29) is 0 Å². The molecule has 0 heterocycles. The monoisotopic (exact) mass is 455 g/mol. The van der Waals surface area contributed by atoms with Crippen molar-refractivity contribution in [1.29, 1.82) is 0 Å². The first kappa shape index (κ1) is 30.5. The van der Waals surface area contributed by atoms with Crippen molar-refractivity contribution in [2.75, 3.05) is 13.1 Å². The third-order valence-corrected chi connectivity index (χ3v) is 5.93. The number of alkyl carbamates (subject to hydrolysis) is 1. The van der Waals surface area contributed by atoms with Gasteiger partial charge in [-0.2, -0.15) is 0 Å². The first-order chi connectivity index (χ1) is 15.6. The summed E-state index contributed by atoms with van der Waals surface area (Å²) in [6, 6.07) is 0. The van der Waals surface area contributed by atoms with Crippen molar-refractivity contribution < 1.29 is 19.4 Å². The summed E-state index contributed by atoms with van der Waals surface area (Å²) in [5, 5.41) is 14.6. The van der Waals surface area contributed by atoms with Gasteiger partial charge in [-0.3, -0.25) is 4.90 Å². The molecule has 0 spiro atoms. The highest BCUT2D eigenvalue weighted by atomic mass is 16.6. The molecule has 0 aromatic rings. The van der Waals surface area contributed by atoms with Gasteiger partial charge in [0.05, 0.1) is 0 Å². The van der Waals surface area contributed by atoms with Gasteiger partial charge in [0.2, 0.25) is 0 Å². The van der Waals surface area contributed by atoms with E-state index >= 15 is 0 Å². The predicted octanol–water partition coefficient (Wildman–Crippen LogP) is 7.97. The second kappa shape index (κ2) is 22.7. The van der Waals surface area contributed by atoms with Crippen molar-refractivity contribution in [2.45, 2.75) is 143 Å². The van der Waals surface area contributed by atoms with Crippen LogP contribution in [0.4, 0.5) is 9.59 Å². The van der Waals surface area contributed by atoms with E-state index in [1.165, 1.54) is 56.3 Å².